The Morgan fingerprint density at radius 1 is 1.15 bits per heavy atom. The molecule has 1 amide bonds. The number of nitrogens with zero attached hydrogens (tertiary/aromatic N) is 1. The van der Waals surface area contributed by atoms with E-state index < -0.39 is 0 Å². The van der Waals surface area contributed by atoms with Gasteiger partial charge in [-0.25, -0.2) is 4.79 Å². The summed E-state index contributed by atoms with van der Waals surface area (Å²) in [5.74, 6) is -0.0972. The number of rotatable bonds is 3. The number of hydrogen-bond donors (Lipinski definition) is 2. The van der Waals surface area contributed by atoms with Crippen LogP contribution in [0.25, 0.3) is 11.0 Å². The first-order chi connectivity index (χ1) is 12.5. The lowest BCUT2D eigenvalue weighted by molar-refractivity contribution is 0.0898. The van der Waals surface area contributed by atoms with E-state index in [9.17, 15) is 9.59 Å². The summed E-state index contributed by atoms with van der Waals surface area (Å²) in [5.41, 5.74) is 3.94. The third-order valence-corrected chi connectivity index (χ3v) is 5.55. The normalized spacial score (nSPS) is 16.1. The number of imidazole rings is 1. The highest BCUT2D eigenvalue weighted by atomic mass is 16.2. The third kappa shape index (κ3) is 2.73. The summed E-state index contributed by atoms with van der Waals surface area (Å²) in [6.07, 6.45) is 4.12. The highest BCUT2D eigenvalue weighted by molar-refractivity contribution is 5.97. The quantitative estimate of drug-likeness (QED) is 0.761. The van der Waals surface area contributed by atoms with Gasteiger partial charge in [-0.1, -0.05) is 42.7 Å². The number of carbonyl (C=O) groups excluding carboxylic acids is 1. The summed E-state index contributed by atoms with van der Waals surface area (Å²) < 4.78 is 1.54. The van der Waals surface area contributed by atoms with Crippen molar-refractivity contribution in [2.75, 3.05) is 0 Å². The van der Waals surface area contributed by atoms with Crippen molar-refractivity contribution in [1.82, 2.24) is 14.9 Å². The Morgan fingerprint density at radius 2 is 1.92 bits per heavy atom. The van der Waals surface area contributed by atoms with E-state index in [-0.39, 0.29) is 17.1 Å². The molecule has 1 aliphatic carbocycles. The van der Waals surface area contributed by atoms with Crippen LogP contribution in [0.3, 0.4) is 0 Å². The molecular weight excluding hydrogens is 326 g/mol. The highest BCUT2D eigenvalue weighted by Gasteiger charge is 2.37. The van der Waals surface area contributed by atoms with Gasteiger partial charge in [0.15, 0.2) is 0 Å². The number of benzene rings is 2. The van der Waals surface area contributed by atoms with Crippen molar-refractivity contribution in [2.45, 2.75) is 38.1 Å². The van der Waals surface area contributed by atoms with Crippen molar-refractivity contribution in [2.24, 2.45) is 7.05 Å². The molecule has 1 aliphatic rings. The fraction of sp³-hybridized carbons (Fsp3) is 0.333. The molecular formula is C21H23N3O2. The predicted octanol–water partition coefficient (Wildman–Crippen LogP) is 3.37. The zero-order chi connectivity index (χ0) is 18.3. The molecule has 26 heavy (non-hydrogen) atoms. The molecule has 0 unspecified atom stereocenters. The SMILES string of the molecule is Cc1cccc(C2(NC(=O)c3ccc4c(c3)[nH]c(=O)n4C)CCCC2)c1. The van der Waals surface area contributed by atoms with Crippen molar-refractivity contribution < 1.29 is 4.79 Å². The lowest BCUT2D eigenvalue weighted by atomic mass is 9.87. The molecule has 1 aromatic heterocycles. The molecule has 0 atom stereocenters. The van der Waals surface area contributed by atoms with Crippen molar-refractivity contribution in [3.63, 3.8) is 0 Å². The van der Waals surface area contributed by atoms with Gasteiger partial charge in [0.25, 0.3) is 5.91 Å². The molecule has 0 aliphatic heterocycles. The molecule has 2 N–H and O–H groups in total. The maximum absolute atomic E-state index is 13.0. The smallest absolute Gasteiger partial charge is 0.326 e. The summed E-state index contributed by atoms with van der Waals surface area (Å²) in [4.78, 5) is 27.6. The molecule has 5 heteroatoms. The van der Waals surface area contributed by atoms with Crippen LogP contribution in [0, 0.1) is 6.92 Å². The Morgan fingerprint density at radius 3 is 2.65 bits per heavy atom. The van der Waals surface area contributed by atoms with Crippen LogP contribution >= 0.6 is 0 Å². The maximum Gasteiger partial charge on any atom is 0.326 e. The second-order valence-electron chi connectivity index (χ2n) is 7.33. The van der Waals surface area contributed by atoms with E-state index in [1.54, 1.807) is 23.7 Å². The van der Waals surface area contributed by atoms with Gasteiger partial charge in [0.05, 0.1) is 16.6 Å². The van der Waals surface area contributed by atoms with Crippen molar-refractivity contribution in [1.29, 1.82) is 0 Å². The van der Waals surface area contributed by atoms with Gasteiger partial charge in [-0.2, -0.15) is 0 Å². The van der Waals surface area contributed by atoms with Gasteiger partial charge in [-0.15, -0.1) is 0 Å². The Labute approximate surface area is 152 Å². The van der Waals surface area contributed by atoms with Crippen LogP contribution in [-0.2, 0) is 12.6 Å². The van der Waals surface area contributed by atoms with Crippen molar-refractivity contribution in [3.05, 3.63) is 69.6 Å². The minimum absolute atomic E-state index is 0.0972. The summed E-state index contributed by atoms with van der Waals surface area (Å²) in [5, 5.41) is 3.30. The third-order valence-electron chi connectivity index (χ3n) is 5.55. The largest absolute Gasteiger partial charge is 0.343 e. The summed E-state index contributed by atoms with van der Waals surface area (Å²) in [6, 6.07) is 13.8. The first-order valence-electron chi connectivity index (χ1n) is 9.07. The Bertz CT molecular complexity index is 1040. The number of fused-ring (bicyclic) bond motifs is 1. The average Bonchev–Trinajstić information content (AvgIpc) is 3.21. The van der Waals surface area contributed by atoms with Crippen LogP contribution in [0.15, 0.2) is 47.3 Å². The van der Waals surface area contributed by atoms with E-state index in [0.29, 0.717) is 11.1 Å². The topological polar surface area (TPSA) is 66.9 Å². The van der Waals surface area contributed by atoms with Crippen molar-refractivity contribution in [3.8, 4) is 0 Å². The number of aromatic nitrogens is 2. The Hall–Kier alpha value is -2.82. The van der Waals surface area contributed by atoms with Crippen LogP contribution < -0.4 is 11.0 Å². The van der Waals surface area contributed by atoms with E-state index in [1.165, 1.54) is 11.1 Å². The molecule has 0 spiro atoms. The summed E-state index contributed by atoms with van der Waals surface area (Å²) >= 11 is 0. The Balaban J connectivity index is 1.68. The van der Waals surface area contributed by atoms with Gasteiger partial charge in [0.1, 0.15) is 0 Å². The molecule has 0 saturated heterocycles. The molecule has 1 fully saturated rings. The average molecular weight is 349 g/mol. The molecule has 0 radical (unpaired) electrons. The predicted molar refractivity (Wildman–Crippen MR) is 102 cm³/mol. The second-order valence-corrected chi connectivity index (χ2v) is 7.33. The zero-order valence-corrected chi connectivity index (χ0v) is 15.1. The summed E-state index contributed by atoms with van der Waals surface area (Å²) in [7, 11) is 1.71. The van der Waals surface area contributed by atoms with E-state index in [1.807, 2.05) is 6.07 Å². The molecule has 2 aromatic carbocycles. The van der Waals surface area contributed by atoms with Gasteiger partial charge in [0.2, 0.25) is 0 Å². The van der Waals surface area contributed by atoms with Gasteiger partial charge in [0, 0.05) is 12.6 Å². The summed E-state index contributed by atoms with van der Waals surface area (Å²) in [6.45, 7) is 2.08. The highest BCUT2D eigenvalue weighted by Crippen LogP contribution is 2.39. The van der Waals surface area contributed by atoms with E-state index in [0.717, 1.165) is 31.2 Å². The number of aryl methyl sites for hydroxylation is 2. The second kappa shape index (κ2) is 6.16. The number of carbonyl (C=O) groups is 1. The van der Waals surface area contributed by atoms with Crippen LogP contribution in [0.4, 0.5) is 0 Å². The molecule has 4 rings (SSSR count). The first-order valence-corrected chi connectivity index (χ1v) is 9.07. The van der Waals surface area contributed by atoms with Crippen LogP contribution in [0.1, 0.15) is 47.2 Å². The molecule has 1 heterocycles. The van der Waals surface area contributed by atoms with Crippen LogP contribution in [-0.4, -0.2) is 15.5 Å². The van der Waals surface area contributed by atoms with Gasteiger partial charge in [-0.3, -0.25) is 9.36 Å². The maximum atomic E-state index is 13.0. The molecule has 3 aromatic rings. The van der Waals surface area contributed by atoms with E-state index in [2.05, 4.69) is 41.5 Å². The standard InChI is InChI=1S/C21H23N3O2/c1-14-6-5-7-16(12-14)21(10-3-4-11-21)23-19(25)15-8-9-18-17(13-15)22-20(26)24(18)2/h5-9,12-13H,3-4,10-11H2,1-2H3,(H,22,26)(H,23,25). The Kier molecular flexibility index (Phi) is 3.94. The van der Waals surface area contributed by atoms with Crippen LogP contribution in [0.2, 0.25) is 0 Å². The zero-order valence-electron chi connectivity index (χ0n) is 15.1. The van der Waals surface area contributed by atoms with Gasteiger partial charge < -0.3 is 10.3 Å². The fourth-order valence-electron chi connectivity index (χ4n) is 4.07. The number of H-pyrrole nitrogens is 1. The monoisotopic (exact) mass is 349 g/mol. The number of aromatic amines is 1. The van der Waals surface area contributed by atoms with Gasteiger partial charge >= 0.3 is 5.69 Å². The fourth-order valence-corrected chi connectivity index (χ4v) is 4.07. The van der Waals surface area contributed by atoms with Crippen LogP contribution in [0.5, 0.6) is 0 Å². The molecule has 0 bridgehead atoms. The minimum Gasteiger partial charge on any atom is -0.343 e. The van der Waals surface area contributed by atoms with E-state index >= 15 is 0 Å². The number of nitrogens with one attached hydrogen (secondary N) is 2. The van der Waals surface area contributed by atoms with E-state index in [4.69, 9.17) is 0 Å². The first kappa shape index (κ1) is 16.6. The molecule has 134 valence electrons. The minimum atomic E-state index is -0.303. The number of amides is 1. The lowest BCUT2D eigenvalue weighted by Gasteiger charge is -2.31. The number of hydrogen-bond acceptors (Lipinski definition) is 2. The van der Waals surface area contributed by atoms with Gasteiger partial charge in [-0.05, 0) is 43.5 Å². The van der Waals surface area contributed by atoms with Crippen molar-refractivity contribution >= 4 is 16.9 Å². The molecule has 1 saturated carbocycles. The lowest BCUT2D eigenvalue weighted by Crippen LogP contribution is -2.43. The molecule has 5 nitrogen and oxygen atoms in total.